The molecule has 0 spiro atoms. The monoisotopic (exact) mass is 257 g/mol. The smallest absolute Gasteiger partial charge is 0.219 e. The van der Waals surface area contributed by atoms with E-state index in [1.807, 2.05) is 27.7 Å². The van der Waals surface area contributed by atoms with Crippen LogP contribution in [0.1, 0.15) is 79.1 Å². The van der Waals surface area contributed by atoms with E-state index in [9.17, 15) is 9.59 Å². The van der Waals surface area contributed by atoms with Crippen molar-refractivity contribution >= 4 is 11.7 Å². The fourth-order valence-corrected chi connectivity index (χ4v) is 1.51. The number of amides is 1. The topological polar surface area (TPSA) is 46.2 Å². The van der Waals surface area contributed by atoms with Gasteiger partial charge >= 0.3 is 0 Å². The summed E-state index contributed by atoms with van der Waals surface area (Å²) in [6, 6.07) is 0. The quantitative estimate of drug-likeness (QED) is 0.604. The molecule has 0 bridgehead atoms. The molecular weight excluding hydrogens is 226 g/mol. The molecule has 0 aromatic rings. The van der Waals surface area contributed by atoms with E-state index in [-0.39, 0.29) is 5.91 Å². The number of carbonyl (C=O) groups excluding carboxylic acids is 2. The Balaban J connectivity index is 0. The van der Waals surface area contributed by atoms with E-state index in [0.717, 1.165) is 38.6 Å². The molecule has 0 aliphatic carbocycles. The van der Waals surface area contributed by atoms with Crippen molar-refractivity contribution in [3.63, 3.8) is 0 Å². The maximum absolute atomic E-state index is 11.0. The SMILES string of the molecule is CC.CCC(=O)CCCCCCCNC(=O)CC. The molecule has 0 unspecified atom stereocenters. The van der Waals surface area contributed by atoms with Crippen LogP contribution < -0.4 is 5.32 Å². The third-order valence-corrected chi connectivity index (χ3v) is 2.67. The van der Waals surface area contributed by atoms with E-state index < -0.39 is 0 Å². The molecular formula is C15H31NO2. The molecule has 0 aromatic carbocycles. The molecule has 0 fully saturated rings. The lowest BCUT2D eigenvalue weighted by atomic mass is 10.1. The summed E-state index contributed by atoms with van der Waals surface area (Å²) in [5.74, 6) is 0.503. The van der Waals surface area contributed by atoms with Crippen LogP contribution in [0.3, 0.4) is 0 Å². The molecule has 0 rings (SSSR count). The molecule has 108 valence electrons. The molecule has 0 aliphatic rings. The second kappa shape index (κ2) is 16.1. The van der Waals surface area contributed by atoms with Gasteiger partial charge in [-0.05, 0) is 12.8 Å². The minimum absolute atomic E-state index is 0.133. The van der Waals surface area contributed by atoms with Gasteiger partial charge in [-0.3, -0.25) is 9.59 Å². The number of hydrogen-bond acceptors (Lipinski definition) is 2. The van der Waals surface area contributed by atoms with Crippen molar-refractivity contribution in [2.75, 3.05) is 6.54 Å². The molecule has 0 aromatic heterocycles. The summed E-state index contributed by atoms with van der Waals surface area (Å²) in [5.41, 5.74) is 0. The fraction of sp³-hybridized carbons (Fsp3) is 0.867. The fourth-order valence-electron chi connectivity index (χ4n) is 1.51. The predicted molar refractivity (Wildman–Crippen MR) is 77.6 cm³/mol. The molecule has 3 heteroatoms. The summed E-state index contributed by atoms with van der Waals surface area (Å²) in [4.78, 5) is 21.9. The van der Waals surface area contributed by atoms with Gasteiger partial charge in [-0.25, -0.2) is 0 Å². The number of carbonyl (C=O) groups is 2. The number of nitrogens with one attached hydrogen (secondary N) is 1. The molecule has 0 saturated carbocycles. The van der Waals surface area contributed by atoms with Crippen LogP contribution in [0.25, 0.3) is 0 Å². The van der Waals surface area contributed by atoms with Crippen LogP contribution >= 0.6 is 0 Å². The summed E-state index contributed by atoms with van der Waals surface area (Å²) >= 11 is 0. The number of hydrogen-bond donors (Lipinski definition) is 1. The van der Waals surface area contributed by atoms with Gasteiger partial charge in [-0.15, -0.1) is 0 Å². The molecule has 1 amide bonds. The van der Waals surface area contributed by atoms with Gasteiger partial charge in [0.15, 0.2) is 0 Å². The van der Waals surface area contributed by atoms with Crippen molar-refractivity contribution in [2.45, 2.75) is 79.1 Å². The summed E-state index contributed by atoms with van der Waals surface area (Å²) in [7, 11) is 0. The third-order valence-electron chi connectivity index (χ3n) is 2.67. The van der Waals surface area contributed by atoms with Crippen LogP contribution in [0.4, 0.5) is 0 Å². The zero-order valence-electron chi connectivity index (χ0n) is 12.7. The summed E-state index contributed by atoms with van der Waals surface area (Å²) in [6.45, 7) is 8.57. The van der Waals surface area contributed by atoms with Gasteiger partial charge in [0.1, 0.15) is 5.78 Å². The molecule has 0 radical (unpaired) electrons. The van der Waals surface area contributed by atoms with Crippen LogP contribution in [0.5, 0.6) is 0 Å². The van der Waals surface area contributed by atoms with Gasteiger partial charge < -0.3 is 5.32 Å². The van der Waals surface area contributed by atoms with Crippen molar-refractivity contribution < 1.29 is 9.59 Å². The van der Waals surface area contributed by atoms with Crippen LogP contribution in [-0.4, -0.2) is 18.2 Å². The summed E-state index contributed by atoms with van der Waals surface area (Å²) in [6.07, 6.45) is 7.49. The van der Waals surface area contributed by atoms with Crippen LogP contribution in [0.2, 0.25) is 0 Å². The first-order valence-corrected chi connectivity index (χ1v) is 7.49. The predicted octanol–water partition coefficient (Wildman–Crippen LogP) is 3.86. The first-order valence-electron chi connectivity index (χ1n) is 7.49. The highest BCUT2D eigenvalue weighted by Gasteiger charge is 1.98. The Morgan fingerprint density at radius 1 is 0.833 bits per heavy atom. The Morgan fingerprint density at radius 2 is 1.39 bits per heavy atom. The maximum Gasteiger partial charge on any atom is 0.219 e. The minimum atomic E-state index is 0.133. The molecule has 18 heavy (non-hydrogen) atoms. The lowest BCUT2D eigenvalue weighted by Gasteiger charge is -2.03. The highest BCUT2D eigenvalue weighted by Crippen LogP contribution is 2.06. The lowest BCUT2D eigenvalue weighted by molar-refractivity contribution is -0.121. The molecule has 0 heterocycles. The Morgan fingerprint density at radius 3 is 1.94 bits per heavy atom. The van der Waals surface area contributed by atoms with E-state index in [1.165, 1.54) is 6.42 Å². The highest BCUT2D eigenvalue weighted by atomic mass is 16.1. The van der Waals surface area contributed by atoms with Crippen molar-refractivity contribution in [2.24, 2.45) is 0 Å². The van der Waals surface area contributed by atoms with E-state index in [0.29, 0.717) is 18.6 Å². The van der Waals surface area contributed by atoms with Crippen molar-refractivity contribution in [3.05, 3.63) is 0 Å². The van der Waals surface area contributed by atoms with E-state index in [1.54, 1.807) is 0 Å². The van der Waals surface area contributed by atoms with Crippen LogP contribution in [-0.2, 0) is 9.59 Å². The number of ketones is 1. The average Bonchev–Trinajstić information content (AvgIpc) is 2.43. The van der Waals surface area contributed by atoms with Gasteiger partial charge in [0.2, 0.25) is 5.91 Å². The van der Waals surface area contributed by atoms with Crippen LogP contribution in [0.15, 0.2) is 0 Å². The Kier molecular flexibility index (Phi) is 17.5. The first kappa shape index (κ1) is 19.5. The normalized spacial score (nSPS) is 9.33. The van der Waals surface area contributed by atoms with Crippen molar-refractivity contribution in [1.29, 1.82) is 0 Å². The van der Waals surface area contributed by atoms with Gasteiger partial charge in [0, 0.05) is 25.8 Å². The largest absolute Gasteiger partial charge is 0.356 e. The second-order valence-electron chi connectivity index (χ2n) is 4.11. The minimum Gasteiger partial charge on any atom is -0.356 e. The van der Waals surface area contributed by atoms with Gasteiger partial charge in [0.05, 0.1) is 0 Å². The van der Waals surface area contributed by atoms with E-state index in [2.05, 4.69) is 5.32 Å². The second-order valence-corrected chi connectivity index (χ2v) is 4.11. The number of rotatable bonds is 10. The number of Topliss-reactive ketones (excluding diaryl/α,β-unsaturated/α-hetero) is 1. The molecule has 0 aliphatic heterocycles. The third kappa shape index (κ3) is 15.1. The van der Waals surface area contributed by atoms with E-state index in [4.69, 9.17) is 0 Å². The van der Waals surface area contributed by atoms with Gasteiger partial charge in [-0.2, -0.15) is 0 Å². The lowest BCUT2D eigenvalue weighted by Crippen LogP contribution is -2.23. The van der Waals surface area contributed by atoms with E-state index >= 15 is 0 Å². The Bertz CT molecular complexity index is 181. The van der Waals surface area contributed by atoms with Gasteiger partial charge in [0.25, 0.3) is 0 Å². The Hall–Kier alpha value is -0.860. The van der Waals surface area contributed by atoms with Crippen LogP contribution in [0, 0.1) is 0 Å². The van der Waals surface area contributed by atoms with Crippen molar-refractivity contribution in [3.8, 4) is 0 Å². The molecule has 0 saturated heterocycles. The molecule has 3 nitrogen and oxygen atoms in total. The first-order chi connectivity index (χ1) is 8.70. The highest BCUT2D eigenvalue weighted by molar-refractivity contribution is 5.77. The maximum atomic E-state index is 11.0. The average molecular weight is 257 g/mol. The summed E-state index contributed by atoms with van der Waals surface area (Å²) < 4.78 is 0. The standard InChI is InChI=1S/C13H25NO2.C2H6/c1-3-12(15)10-8-6-5-7-9-11-14-13(16)4-2;1-2/h3-11H2,1-2H3,(H,14,16);1-2H3. The van der Waals surface area contributed by atoms with Gasteiger partial charge in [-0.1, -0.05) is 47.0 Å². The Labute approximate surface area is 113 Å². The zero-order valence-corrected chi connectivity index (χ0v) is 12.7. The summed E-state index contributed by atoms with van der Waals surface area (Å²) in [5, 5.41) is 2.86. The molecule has 1 N–H and O–H groups in total. The number of unbranched alkanes of at least 4 members (excludes halogenated alkanes) is 4. The van der Waals surface area contributed by atoms with Crippen molar-refractivity contribution in [1.82, 2.24) is 5.32 Å². The molecule has 0 atom stereocenters. The zero-order chi connectivity index (χ0) is 14.2.